The van der Waals surface area contributed by atoms with Crippen LogP contribution in [0.5, 0.6) is 0 Å². The van der Waals surface area contributed by atoms with Crippen molar-refractivity contribution in [1.29, 1.82) is 0 Å². The van der Waals surface area contributed by atoms with Gasteiger partial charge in [0.2, 0.25) is 10.0 Å². The van der Waals surface area contributed by atoms with E-state index in [1.165, 1.54) is 4.31 Å². The van der Waals surface area contributed by atoms with Gasteiger partial charge in [0.15, 0.2) is 0 Å². The van der Waals surface area contributed by atoms with Gasteiger partial charge in [-0.1, -0.05) is 6.92 Å². The molecular weight excluding hydrogens is 338 g/mol. The molecular formula is C17H29N5O2S. The molecule has 0 atom stereocenters. The van der Waals surface area contributed by atoms with Crippen LogP contribution < -0.4 is 0 Å². The summed E-state index contributed by atoms with van der Waals surface area (Å²) in [6, 6.07) is 0. The quantitative estimate of drug-likeness (QED) is 0.754. The third-order valence-corrected chi connectivity index (χ3v) is 6.90. The van der Waals surface area contributed by atoms with E-state index < -0.39 is 10.0 Å². The fourth-order valence-corrected chi connectivity index (χ4v) is 5.09. The number of rotatable bonds is 7. The molecule has 0 aliphatic heterocycles. The molecule has 0 saturated heterocycles. The van der Waals surface area contributed by atoms with Crippen LogP contribution in [0.15, 0.2) is 4.90 Å². The van der Waals surface area contributed by atoms with E-state index in [0.717, 1.165) is 23.5 Å². The van der Waals surface area contributed by atoms with Crippen molar-refractivity contribution in [3.63, 3.8) is 0 Å². The summed E-state index contributed by atoms with van der Waals surface area (Å²) in [4.78, 5) is 0.328. The van der Waals surface area contributed by atoms with E-state index in [1.807, 2.05) is 46.2 Å². The maximum absolute atomic E-state index is 13.3. The third kappa shape index (κ3) is 3.37. The first-order valence-electron chi connectivity index (χ1n) is 8.75. The van der Waals surface area contributed by atoms with Gasteiger partial charge in [0.05, 0.1) is 17.1 Å². The molecule has 2 heterocycles. The first-order valence-corrected chi connectivity index (χ1v) is 10.2. The number of sulfonamides is 1. The predicted octanol–water partition coefficient (Wildman–Crippen LogP) is 2.56. The SMILES string of the molecule is CCN(Cc1c(C)nn(CC)c1C)S(=O)(=O)c1c(C)nn(CC)c1C. The lowest BCUT2D eigenvalue weighted by Crippen LogP contribution is -2.31. The molecule has 0 aromatic carbocycles. The molecule has 0 N–H and O–H groups in total. The van der Waals surface area contributed by atoms with Crippen molar-refractivity contribution in [1.82, 2.24) is 23.9 Å². The van der Waals surface area contributed by atoms with Gasteiger partial charge >= 0.3 is 0 Å². The van der Waals surface area contributed by atoms with Crippen LogP contribution in [-0.2, 0) is 29.7 Å². The third-order valence-electron chi connectivity index (χ3n) is 4.73. The Morgan fingerprint density at radius 2 is 1.40 bits per heavy atom. The van der Waals surface area contributed by atoms with Gasteiger partial charge in [-0.2, -0.15) is 14.5 Å². The molecule has 0 unspecified atom stereocenters. The highest BCUT2D eigenvalue weighted by molar-refractivity contribution is 7.89. The zero-order chi connectivity index (χ0) is 18.9. The van der Waals surface area contributed by atoms with Gasteiger partial charge in [0.25, 0.3) is 0 Å². The summed E-state index contributed by atoms with van der Waals surface area (Å²) in [6.45, 7) is 15.5. The molecule has 0 aliphatic rings. The average Bonchev–Trinajstić information content (AvgIpc) is 3.00. The van der Waals surface area contributed by atoms with Crippen molar-refractivity contribution in [2.45, 2.75) is 73.0 Å². The molecule has 25 heavy (non-hydrogen) atoms. The molecule has 7 nitrogen and oxygen atoms in total. The smallest absolute Gasteiger partial charge is 0.247 e. The lowest BCUT2D eigenvalue weighted by Gasteiger charge is -2.21. The lowest BCUT2D eigenvalue weighted by molar-refractivity contribution is 0.421. The number of nitrogens with zero attached hydrogens (tertiary/aromatic N) is 5. The van der Waals surface area contributed by atoms with Crippen molar-refractivity contribution >= 4 is 10.0 Å². The number of hydrogen-bond donors (Lipinski definition) is 0. The molecule has 140 valence electrons. The molecule has 0 amide bonds. The number of aryl methyl sites for hydroxylation is 4. The zero-order valence-corrected chi connectivity index (χ0v) is 17.1. The summed E-state index contributed by atoms with van der Waals surface area (Å²) in [6.07, 6.45) is 0. The molecule has 2 aromatic heterocycles. The van der Waals surface area contributed by atoms with E-state index in [9.17, 15) is 8.42 Å². The Kier molecular flexibility index (Phi) is 5.73. The lowest BCUT2D eigenvalue weighted by atomic mass is 10.2. The highest BCUT2D eigenvalue weighted by Gasteiger charge is 2.31. The summed E-state index contributed by atoms with van der Waals surface area (Å²) in [5.41, 5.74) is 4.12. The van der Waals surface area contributed by atoms with Crippen molar-refractivity contribution < 1.29 is 8.42 Å². The van der Waals surface area contributed by atoms with Gasteiger partial charge in [-0.15, -0.1) is 0 Å². The van der Waals surface area contributed by atoms with Gasteiger partial charge in [0, 0.05) is 37.4 Å². The van der Waals surface area contributed by atoms with Gasteiger partial charge < -0.3 is 0 Å². The molecule has 0 saturated carbocycles. The Morgan fingerprint density at radius 1 is 0.880 bits per heavy atom. The molecule has 0 spiro atoms. The summed E-state index contributed by atoms with van der Waals surface area (Å²) in [5.74, 6) is 0. The van der Waals surface area contributed by atoms with Crippen LogP contribution in [-0.4, -0.2) is 38.8 Å². The normalized spacial score (nSPS) is 12.3. The van der Waals surface area contributed by atoms with Crippen LogP contribution in [0.4, 0.5) is 0 Å². The summed E-state index contributed by atoms with van der Waals surface area (Å²) >= 11 is 0. The largest absolute Gasteiger partial charge is 0.270 e. The van der Waals surface area contributed by atoms with Crippen LogP contribution in [0, 0.1) is 27.7 Å². The maximum atomic E-state index is 13.3. The van der Waals surface area contributed by atoms with E-state index in [0.29, 0.717) is 35.9 Å². The fraction of sp³-hybridized carbons (Fsp3) is 0.647. The van der Waals surface area contributed by atoms with E-state index in [-0.39, 0.29) is 0 Å². The molecule has 0 radical (unpaired) electrons. The topological polar surface area (TPSA) is 73.0 Å². The highest BCUT2D eigenvalue weighted by atomic mass is 32.2. The molecule has 2 aromatic rings. The number of hydrogen-bond acceptors (Lipinski definition) is 4. The summed E-state index contributed by atoms with van der Waals surface area (Å²) < 4.78 is 31.7. The standard InChI is InChI=1S/C17H29N5O2S/c1-8-20(11-16-12(4)18-21(9-2)14(16)6)25(23,24)17-13(5)19-22(10-3)15(17)7/h8-11H2,1-7H3. The maximum Gasteiger partial charge on any atom is 0.247 e. The van der Waals surface area contributed by atoms with Crippen LogP contribution in [0.2, 0.25) is 0 Å². The monoisotopic (exact) mass is 367 g/mol. The first kappa shape index (κ1) is 19.7. The summed E-state index contributed by atoms with van der Waals surface area (Å²) in [5, 5.41) is 8.87. The van der Waals surface area contributed by atoms with E-state index in [4.69, 9.17) is 0 Å². The van der Waals surface area contributed by atoms with E-state index >= 15 is 0 Å². The van der Waals surface area contributed by atoms with E-state index in [1.54, 1.807) is 11.6 Å². The Morgan fingerprint density at radius 3 is 1.84 bits per heavy atom. The van der Waals surface area contributed by atoms with Crippen LogP contribution in [0.1, 0.15) is 49.1 Å². The van der Waals surface area contributed by atoms with Crippen molar-refractivity contribution in [3.8, 4) is 0 Å². The van der Waals surface area contributed by atoms with Crippen molar-refractivity contribution in [3.05, 3.63) is 28.3 Å². The number of aromatic nitrogens is 4. The second-order valence-corrected chi connectivity index (χ2v) is 8.09. The van der Waals surface area contributed by atoms with Crippen molar-refractivity contribution in [2.75, 3.05) is 6.54 Å². The molecule has 2 rings (SSSR count). The minimum Gasteiger partial charge on any atom is -0.270 e. The Labute approximate surface area is 150 Å². The van der Waals surface area contributed by atoms with Gasteiger partial charge in [0.1, 0.15) is 4.90 Å². The van der Waals surface area contributed by atoms with Gasteiger partial charge in [-0.25, -0.2) is 8.42 Å². The van der Waals surface area contributed by atoms with Crippen LogP contribution in [0.3, 0.4) is 0 Å². The van der Waals surface area contributed by atoms with Crippen LogP contribution >= 0.6 is 0 Å². The minimum absolute atomic E-state index is 0.326. The molecule has 0 aliphatic carbocycles. The Balaban J connectivity index is 2.47. The molecule has 0 bridgehead atoms. The van der Waals surface area contributed by atoms with Crippen molar-refractivity contribution in [2.24, 2.45) is 0 Å². The van der Waals surface area contributed by atoms with E-state index in [2.05, 4.69) is 10.2 Å². The Hall–Kier alpha value is -1.67. The minimum atomic E-state index is -3.62. The predicted molar refractivity (Wildman–Crippen MR) is 98.0 cm³/mol. The van der Waals surface area contributed by atoms with Crippen LogP contribution in [0.25, 0.3) is 0 Å². The average molecular weight is 368 g/mol. The molecule has 8 heteroatoms. The highest BCUT2D eigenvalue weighted by Crippen LogP contribution is 2.26. The first-order chi connectivity index (χ1) is 11.7. The second-order valence-electron chi connectivity index (χ2n) is 6.21. The van der Waals surface area contributed by atoms with Gasteiger partial charge in [-0.3, -0.25) is 9.36 Å². The molecule has 0 fully saturated rings. The summed E-state index contributed by atoms with van der Waals surface area (Å²) in [7, 11) is -3.62. The fourth-order valence-electron chi connectivity index (χ4n) is 3.30. The Bertz CT molecular complexity index is 864. The second kappa shape index (κ2) is 7.29. The van der Waals surface area contributed by atoms with Gasteiger partial charge in [-0.05, 0) is 41.5 Å². The zero-order valence-electron chi connectivity index (χ0n) is 16.3.